The average Bonchev–Trinajstić information content (AvgIpc) is 2.28. The maximum atomic E-state index is 11.3. The van der Waals surface area contributed by atoms with E-state index in [0.717, 1.165) is 25.7 Å². The van der Waals surface area contributed by atoms with Crippen LogP contribution in [-0.2, 0) is 9.53 Å². The molecule has 1 aliphatic carbocycles. The van der Waals surface area contributed by atoms with Crippen molar-refractivity contribution in [2.24, 2.45) is 11.7 Å². The number of amides is 1. The normalized spacial score (nSPS) is 25.4. The smallest absolute Gasteiger partial charge is 0.246 e. The van der Waals surface area contributed by atoms with Crippen LogP contribution >= 0.6 is 0 Å². The summed E-state index contributed by atoms with van der Waals surface area (Å²) in [6, 6.07) is 0. The fourth-order valence-electron chi connectivity index (χ4n) is 1.97. The second-order valence-corrected chi connectivity index (χ2v) is 4.26. The van der Waals surface area contributed by atoms with Crippen molar-refractivity contribution in [3.63, 3.8) is 0 Å². The minimum Gasteiger partial charge on any atom is -0.393 e. The van der Waals surface area contributed by atoms with Crippen LogP contribution in [-0.4, -0.2) is 43.4 Å². The summed E-state index contributed by atoms with van der Waals surface area (Å²) in [6.07, 6.45) is 3.81. The molecule has 1 rings (SSSR count). The van der Waals surface area contributed by atoms with Gasteiger partial charge in [0, 0.05) is 19.0 Å². The van der Waals surface area contributed by atoms with Gasteiger partial charge >= 0.3 is 0 Å². The second kappa shape index (κ2) is 7.60. The first kappa shape index (κ1) is 13.4. The first-order valence-corrected chi connectivity index (χ1v) is 5.96. The van der Waals surface area contributed by atoms with E-state index in [9.17, 15) is 9.90 Å². The summed E-state index contributed by atoms with van der Waals surface area (Å²) in [4.78, 5) is 11.3. The summed E-state index contributed by atoms with van der Waals surface area (Å²) in [6.45, 7) is 1.43. The van der Waals surface area contributed by atoms with Crippen LogP contribution < -0.4 is 11.1 Å². The Morgan fingerprint density at radius 3 is 2.88 bits per heavy atom. The minimum atomic E-state index is -0.265. The van der Waals surface area contributed by atoms with E-state index in [0.29, 0.717) is 19.7 Å². The van der Waals surface area contributed by atoms with Gasteiger partial charge in [-0.3, -0.25) is 4.79 Å². The minimum absolute atomic E-state index is 0.0556. The summed E-state index contributed by atoms with van der Waals surface area (Å²) >= 11 is 0. The quantitative estimate of drug-likeness (QED) is 0.543. The molecule has 0 aromatic rings. The van der Waals surface area contributed by atoms with Crippen molar-refractivity contribution >= 4 is 5.91 Å². The average molecular weight is 230 g/mol. The largest absolute Gasteiger partial charge is 0.393 e. The van der Waals surface area contributed by atoms with Crippen molar-refractivity contribution in [2.75, 3.05) is 26.3 Å². The first-order valence-electron chi connectivity index (χ1n) is 5.96. The number of carbonyl (C=O) groups is 1. The van der Waals surface area contributed by atoms with Gasteiger partial charge in [0.2, 0.25) is 5.91 Å². The van der Waals surface area contributed by atoms with Crippen molar-refractivity contribution in [1.29, 1.82) is 0 Å². The van der Waals surface area contributed by atoms with Crippen LogP contribution in [0.1, 0.15) is 25.7 Å². The van der Waals surface area contributed by atoms with E-state index >= 15 is 0 Å². The lowest BCUT2D eigenvalue weighted by Gasteiger charge is -2.27. The second-order valence-electron chi connectivity index (χ2n) is 4.26. The standard InChI is InChI=1S/C11H22N2O3/c12-5-6-16-8-11(15)13-7-9-3-1-2-4-10(9)14/h9-10,14H,1-8,12H2,(H,13,15). The molecule has 1 amide bonds. The van der Waals surface area contributed by atoms with E-state index < -0.39 is 0 Å². The van der Waals surface area contributed by atoms with Gasteiger partial charge in [0.05, 0.1) is 12.7 Å². The van der Waals surface area contributed by atoms with Gasteiger partial charge in [0.1, 0.15) is 6.61 Å². The predicted octanol–water partition coefficient (Wildman–Crippen LogP) is -0.371. The molecule has 5 nitrogen and oxygen atoms in total. The van der Waals surface area contributed by atoms with E-state index in [1.54, 1.807) is 0 Å². The molecular formula is C11H22N2O3. The molecular weight excluding hydrogens is 208 g/mol. The molecule has 2 atom stereocenters. The maximum absolute atomic E-state index is 11.3. The maximum Gasteiger partial charge on any atom is 0.246 e. The van der Waals surface area contributed by atoms with Crippen molar-refractivity contribution < 1.29 is 14.6 Å². The molecule has 0 bridgehead atoms. The van der Waals surface area contributed by atoms with E-state index in [4.69, 9.17) is 10.5 Å². The van der Waals surface area contributed by atoms with Gasteiger partial charge in [0.15, 0.2) is 0 Å². The Bertz CT molecular complexity index is 211. The van der Waals surface area contributed by atoms with Gasteiger partial charge in [0.25, 0.3) is 0 Å². The summed E-state index contributed by atoms with van der Waals surface area (Å²) in [7, 11) is 0. The van der Waals surface area contributed by atoms with Crippen molar-refractivity contribution in [1.82, 2.24) is 5.32 Å². The fraction of sp³-hybridized carbons (Fsp3) is 0.909. The lowest BCUT2D eigenvalue weighted by atomic mass is 9.86. The zero-order valence-corrected chi connectivity index (χ0v) is 9.65. The molecule has 1 saturated carbocycles. The lowest BCUT2D eigenvalue weighted by molar-refractivity contribution is -0.126. The third kappa shape index (κ3) is 4.92. The van der Waals surface area contributed by atoms with Gasteiger partial charge < -0.3 is 20.9 Å². The Kier molecular flexibility index (Phi) is 6.37. The molecule has 0 saturated heterocycles. The molecule has 2 unspecified atom stereocenters. The van der Waals surface area contributed by atoms with Gasteiger partial charge in [-0.2, -0.15) is 0 Å². The van der Waals surface area contributed by atoms with Crippen LogP contribution in [0, 0.1) is 5.92 Å². The highest BCUT2D eigenvalue weighted by Crippen LogP contribution is 2.23. The summed E-state index contributed by atoms with van der Waals surface area (Å²) in [5, 5.41) is 12.5. The van der Waals surface area contributed by atoms with Crippen LogP contribution in [0.5, 0.6) is 0 Å². The van der Waals surface area contributed by atoms with Crippen LogP contribution in [0.2, 0.25) is 0 Å². The Balaban J connectivity index is 2.10. The zero-order valence-electron chi connectivity index (χ0n) is 9.65. The van der Waals surface area contributed by atoms with Crippen molar-refractivity contribution in [2.45, 2.75) is 31.8 Å². The Hall–Kier alpha value is -0.650. The Labute approximate surface area is 96.3 Å². The number of ether oxygens (including phenoxy) is 1. The third-order valence-electron chi connectivity index (χ3n) is 2.93. The summed E-state index contributed by atoms with van der Waals surface area (Å²) in [5.41, 5.74) is 5.23. The molecule has 0 radical (unpaired) electrons. The Morgan fingerprint density at radius 2 is 2.19 bits per heavy atom. The summed E-state index contributed by atoms with van der Waals surface area (Å²) < 4.78 is 5.01. The highest BCUT2D eigenvalue weighted by molar-refractivity contribution is 5.77. The SMILES string of the molecule is NCCOCC(=O)NCC1CCCCC1O. The molecule has 94 valence electrons. The Morgan fingerprint density at radius 1 is 1.44 bits per heavy atom. The van der Waals surface area contributed by atoms with Crippen LogP contribution in [0.3, 0.4) is 0 Å². The molecule has 1 fully saturated rings. The highest BCUT2D eigenvalue weighted by atomic mass is 16.5. The van der Waals surface area contributed by atoms with Crippen LogP contribution in [0.15, 0.2) is 0 Å². The fourth-order valence-corrected chi connectivity index (χ4v) is 1.97. The molecule has 5 heteroatoms. The molecule has 4 N–H and O–H groups in total. The lowest BCUT2D eigenvalue weighted by Crippen LogP contribution is -2.38. The summed E-state index contributed by atoms with van der Waals surface area (Å²) in [5.74, 6) is 0.0680. The monoisotopic (exact) mass is 230 g/mol. The zero-order chi connectivity index (χ0) is 11.8. The third-order valence-corrected chi connectivity index (χ3v) is 2.93. The van der Waals surface area contributed by atoms with Crippen molar-refractivity contribution in [3.8, 4) is 0 Å². The van der Waals surface area contributed by atoms with Crippen molar-refractivity contribution in [3.05, 3.63) is 0 Å². The van der Waals surface area contributed by atoms with E-state index in [1.807, 2.05) is 0 Å². The molecule has 16 heavy (non-hydrogen) atoms. The first-order chi connectivity index (χ1) is 7.74. The number of nitrogens with one attached hydrogen (secondary N) is 1. The van der Waals surface area contributed by atoms with Crippen LogP contribution in [0.4, 0.5) is 0 Å². The van der Waals surface area contributed by atoms with Gasteiger partial charge in [-0.25, -0.2) is 0 Å². The van der Waals surface area contributed by atoms with Gasteiger partial charge in [-0.1, -0.05) is 12.8 Å². The van der Waals surface area contributed by atoms with Gasteiger partial charge in [-0.05, 0) is 12.8 Å². The number of hydrogen-bond donors (Lipinski definition) is 3. The molecule has 0 aromatic carbocycles. The molecule has 0 aliphatic heterocycles. The van der Waals surface area contributed by atoms with Crippen LogP contribution in [0.25, 0.3) is 0 Å². The number of aliphatic hydroxyl groups excluding tert-OH is 1. The van der Waals surface area contributed by atoms with E-state index in [1.165, 1.54) is 0 Å². The number of aliphatic hydroxyl groups is 1. The number of carbonyl (C=O) groups excluding carboxylic acids is 1. The topological polar surface area (TPSA) is 84.6 Å². The number of nitrogens with two attached hydrogens (primary N) is 1. The molecule has 0 spiro atoms. The van der Waals surface area contributed by atoms with Gasteiger partial charge in [-0.15, -0.1) is 0 Å². The number of hydrogen-bond acceptors (Lipinski definition) is 4. The molecule has 0 heterocycles. The van der Waals surface area contributed by atoms with E-state index in [2.05, 4.69) is 5.32 Å². The molecule has 0 aromatic heterocycles. The predicted molar refractivity (Wildman–Crippen MR) is 60.8 cm³/mol. The highest BCUT2D eigenvalue weighted by Gasteiger charge is 2.23. The van der Waals surface area contributed by atoms with E-state index in [-0.39, 0.29) is 24.5 Å². The molecule has 1 aliphatic rings. The number of rotatable bonds is 6.